The van der Waals surface area contributed by atoms with E-state index in [1.165, 1.54) is 12.1 Å². The van der Waals surface area contributed by atoms with Crippen LogP contribution in [0, 0.1) is 15.5 Å². The van der Waals surface area contributed by atoms with Gasteiger partial charge in [0.25, 0.3) is 11.7 Å². The summed E-state index contributed by atoms with van der Waals surface area (Å²) in [5.74, 6) is 0. The number of benzene rings is 1. The van der Waals surface area contributed by atoms with Gasteiger partial charge >= 0.3 is 0 Å². The summed E-state index contributed by atoms with van der Waals surface area (Å²) in [7, 11) is 1.71. The van der Waals surface area contributed by atoms with E-state index in [9.17, 15) is 10.1 Å². The number of nitrogens with zero attached hydrogens (tertiary/aromatic N) is 2. The van der Waals surface area contributed by atoms with Crippen molar-refractivity contribution in [1.29, 1.82) is 0 Å². The van der Waals surface area contributed by atoms with Crippen molar-refractivity contribution in [2.24, 2.45) is 5.41 Å². The number of hydrogen-bond acceptors (Lipinski definition) is 6. The molecule has 1 N–H and O–H groups in total. The third kappa shape index (κ3) is 2.23. The lowest BCUT2D eigenvalue weighted by atomic mass is 9.64. The van der Waals surface area contributed by atoms with Crippen LogP contribution in [0.3, 0.4) is 0 Å². The summed E-state index contributed by atoms with van der Waals surface area (Å²) in [5.41, 5.74) is 0.991. The topological polar surface area (TPSA) is 90.4 Å². The Labute approximate surface area is 121 Å². The summed E-state index contributed by atoms with van der Waals surface area (Å²) < 4.78 is 11.0. The molecule has 2 aromatic rings. The van der Waals surface area contributed by atoms with Gasteiger partial charge in [-0.3, -0.25) is 10.1 Å². The Hall–Kier alpha value is -2.15. The lowest BCUT2D eigenvalue weighted by Crippen LogP contribution is -2.57. The zero-order chi connectivity index (χ0) is 15.2. The molecule has 0 amide bonds. The van der Waals surface area contributed by atoms with Crippen LogP contribution >= 0.6 is 0 Å². The van der Waals surface area contributed by atoms with E-state index in [0.717, 1.165) is 6.42 Å². The number of aromatic nitrogens is 1. The van der Waals surface area contributed by atoms with Crippen molar-refractivity contribution in [2.45, 2.75) is 32.4 Å². The number of methoxy groups -OCH3 is 1. The first-order valence-electron chi connectivity index (χ1n) is 6.76. The first-order chi connectivity index (χ1) is 9.91. The average Bonchev–Trinajstić information content (AvgIpc) is 2.84. The molecule has 1 aliphatic rings. The number of fused-ring (bicyclic) bond motifs is 1. The van der Waals surface area contributed by atoms with Crippen molar-refractivity contribution in [2.75, 3.05) is 12.4 Å². The fraction of sp³-hybridized carbons (Fsp3) is 0.500. The van der Waals surface area contributed by atoms with E-state index in [2.05, 4.69) is 24.1 Å². The zero-order valence-electron chi connectivity index (χ0n) is 12.1. The molecule has 2 atom stereocenters. The SMILES string of the molecule is COC1CC(Nc2nc3ccc([N+](=O)[O-])cc3o2)C1(C)C. The van der Waals surface area contributed by atoms with Gasteiger partial charge < -0.3 is 14.5 Å². The smallest absolute Gasteiger partial charge is 0.295 e. The van der Waals surface area contributed by atoms with Crippen LogP contribution in [0.15, 0.2) is 22.6 Å². The molecule has 7 heteroatoms. The molecule has 7 nitrogen and oxygen atoms in total. The second-order valence-electron chi connectivity index (χ2n) is 5.91. The quantitative estimate of drug-likeness (QED) is 0.688. The number of rotatable bonds is 4. The Balaban J connectivity index is 1.81. The molecule has 1 heterocycles. The van der Waals surface area contributed by atoms with Gasteiger partial charge in [0.05, 0.1) is 17.1 Å². The van der Waals surface area contributed by atoms with Crippen LogP contribution in [0.1, 0.15) is 20.3 Å². The highest BCUT2D eigenvalue weighted by Gasteiger charge is 2.49. The molecular formula is C14H17N3O4. The summed E-state index contributed by atoms with van der Waals surface area (Å²) in [6.07, 6.45) is 1.09. The maximum Gasteiger partial charge on any atom is 0.295 e. The number of hydrogen-bond donors (Lipinski definition) is 1. The maximum atomic E-state index is 10.8. The Kier molecular flexibility index (Phi) is 3.09. The standard InChI is InChI=1S/C14H17N3O4/c1-14(2)11(7-12(14)20-3)16-13-15-9-5-4-8(17(18)19)6-10(9)21-13/h4-6,11-12H,7H2,1-3H3,(H,15,16). The van der Waals surface area contributed by atoms with E-state index < -0.39 is 4.92 Å². The summed E-state index contributed by atoms with van der Waals surface area (Å²) in [5, 5.41) is 14.0. The normalized spacial score (nSPS) is 23.8. The van der Waals surface area contributed by atoms with Gasteiger partial charge in [0.15, 0.2) is 5.58 Å². The van der Waals surface area contributed by atoms with E-state index in [4.69, 9.17) is 9.15 Å². The highest BCUT2D eigenvalue weighted by molar-refractivity contribution is 5.77. The van der Waals surface area contributed by atoms with Gasteiger partial charge in [0.2, 0.25) is 0 Å². The number of ether oxygens (including phenoxy) is 1. The fourth-order valence-electron chi connectivity index (χ4n) is 2.77. The Bertz CT molecular complexity index is 695. The minimum absolute atomic E-state index is 0.00591. The molecule has 3 rings (SSSR count). The van der Waals surface area contributed by atoms with Gasteiger partial charge in [0.1, 0.15) is 5.52 Å². The monoisotopic (exact) mass is 291 g/mol. The number of anilines is 1. The van der Waals surface area contributed by atoms with Crippen LogP contribution in [0.2, 0.25) is 0 Å². The lowest BCUT2D eigenvalue weighted by Gasteiger charge is -2.50. The second-order valence-corrected chi connectivity index (χ2v) is 5.91. The van der Waals surface area contributed by atoms with Crippen molar-refractivity contribution in [3.05, 3.63) is 28.3 Å². The summed E-state index contributed by atoms with van der Waals surface area (Å²) in [6.45, 7) is 4.24. The van der Waals surface area contributed by atoms with Crippen LogP contribution in [0.4, 0.5) is 11.7 Å². The average molecular weight is 291 g/mol. The number of nitro benzene ring substituents is 1. The number of non-ortho nitro benzene ring substituents is 1. The third-order valence-electron chi connectivity index (χ3n) is 4.34. The molecule has 1 aromatic carbocycles. The third-order valence-corrected chi connectivity index (χ3v) is 4.34. The van der Waals surface area contributed by atoms with Crippen molar-refractivity contribution < 1.29 is 14.1 Å². The maximum absolute atomic E-state index is 10.8. The van der Waals surface area contributed by atoms with E-state index in [1.807, 2.05) is 0 Å². The van der Waals surface area contributed by atoms with Gasteiger partial charge in [0, 0.05) is 24.6 Å². The first kappa shape index (κ1) is 13.8. The zero-order valence-corrected chi connectivity index (χ0v) is 12.1. The molecule has 1 aromatic heterocycles. The number of oxazole rings is 1. The van der Waals surface area contributed by atoms with Gasteiger partial charge in [-0.15, -0.1) is 0 Å². The Morgan fingerprint density at radius 3 is 2.90 bits per heavy atom. The van der Waals surface area contributed by atoms with Crippen LogP contribution in [-0.2, 0) is 4.74 Å². The van der Waals surface area contributed by atoms with Crippen LogP contribution in [0.25, 0.3) is 11.1 Å². The molecule has 21 heavy (non-hydrogen) atoms. The highest BCUT2D eigenvalue weighted by atomic mass is 16.6. The second kappa shape index (κ2) is 4.70. The van der Waals surface area contributed by atoms with E-state index in [-0.39, 0.29) is 23.2 Å². The van der Waals surface area contributed by atoms with Gasteiger partial charge in [-0.2, -0.15) is 4.98 Å². The summed E-state index contributed by atoms with van der Waals surface area (Å²) in [6, 6.07) is 4.98. The molecule has 1 fully saturated rings. The minimum atomic E-state index is -0.451. The summed E-state index contributed by atoms with van der Waals surface area (Å²) in [4.78, 5) is 14.6. The molecule has 0 aliphatic heterocycles. The molecule has 1 aliphatic carbocycles. The molecular weight excluding hydrogens is 274 g/mol. The number of nitrogens with one attached hydrogen (secondary N) is 1. The predicted octanol–water partition coefficient (Wildman–Crippen LogP) is 2.96. The van der Waals surface area contributed by atoms with Crippen molar-refractivity contribution in [3.63, 3.8) is 0 Å². The minimum Gasteiger partial charge on any atom is -0.423 e. The number of nitro groups is 1. The molecule has 0 spiro atoms. The molecule has 1 saturated carbocycles. The van der Waals surface area contributed by atoms with Crippen LogP contribution in [-0.4, -0.2) is 29.2 Å². The van der Waals surface area contributed by atoms with Crippen molar-refractivity contribution >= 4 is 22.8 Å². The van der Waals surface area contributed by atoms with Crippen molar-refractivity contribution in [1.82, 2.24) is 4.98 Å². The lowest BCUT2D eigenvalue weighted by molar-refractivity contribution is -0.384. The molecule has 0 radical (unpaired) electrons. The highest BCUT2D eigenvalue weighted by Crippen LogP contribution is 2.44. The molecule has 0 saturated heterocycles. The molecule has 0 bridgehead atoms. The summed E-state index contributed by atoms with van der Waals surface area (Å²) >= 11 is 0. The first-order valence-corrected chi connectivity index (χ1v) is 6.76. The van der Waals surface area contributed by atoms with E-state index in [1.54, 1.807) is 13.2 Å². The largest absolute Gasteiger partial charge is 0.423 e. The van der Waals surface area contributed by atoms with Gasteiger partial charge in [-0.25, -0.2) is 0 Å². The van der Waals surface area contributed by atoms with Crippen LogP contribution in [0.5, 0.6) is 0 Å². The predicted molar refractivity (Wildman–Crippen MR) is 77.3 cm³/mol. The Morgan fingerprint density at radius 2 is 2.29 bits per heavy atom. The Morgan fingerprint density at radius 1 is 1.52 bits per heavy atom. The van der Waals surface area contributed by atoms with Gasteiger partial charge in [-0.05, 0) is 12.5 Å². The van der Waals surface area contributed by atoms with E-state index in [0.29, 0.717) is 17.1 Å². The van der Waals surface area contributed by atoms with Gasteiger partial charge in [-0.1, -0.05) is 13.8 Å². The van der Waals surface area contributed by atoms with Crippen LogP contribution < -0.4 is 5.32 Å². The fourth-order valence-corrected chi connectivity index (χ4v) is 2.77. The molecule has 2 unspecified atom stereocenters. The van der Waals surface area contributed by atoms with Crippen molar-refractivity contribution in [3.8, 4) is 0 Å². The molecule has 112 valence electrons. The van der Waals surface area contributed by atoms with E-state index >= 15 is 0 Å².